The third-order valence-electron chi connectivity index (χ3n) is 5.75. The van der Waals surface area contributed by atoms with Crippen molar-refractivity contribution in [1.29, 1.82) is 0 Å². The molecular formula is C28H36F3N7O. The zero-order valence-corrected chi connectivity index (χ0v) is 22.9. The van der Waals surface area contributed by atoms with Gasteiger partial charge >= 0.3 is 6.18 Å². The average molecular weight is 544 g/mol. The molecule has 5 N–H and O–H groups in total. The van der Waals surface area contributed by atoms with Crippen LogP contribution < -0.4 is 26.8 Å². The van der Waals surface area contributed by atoms with Crippen molar-refractivity contribution in [3.05, 3.63) is 89.8 Å². The van der Waals surface area contributed by atoms with E-state index in [1.165, 1.54) is 11.1 Å². The van der Waals surface area contributed by atoms with Crippen molar-refractivity contribution in [2.45, 2.75) is 13.1 Å². The third-order valence-corrected chi connectivity index (χ3v) is 5.75. The summed E-state index contributed by atoms with van der Waals surface area (Å²) in [7, 11) is 7.24. The van der Waals surface area contributed by atoms with Gasteiger partial charge in [-0.25, -0.2) is 5.84 Å². The summed E-state index contributed by atoms with van der Waals surface area (Å²) in [6.07, 6.45) is -1.13. The highest BCUT2D eigenvalue weighted by atomic mass is 19.4. The van der Waals surface area contributed by atoms with Crippen molar-refractivity contribution in [3.8, 4) is 0 Å². The lowest BCUT2D eigenvalue weighted by Crippen LogP contribution is -2.29. The van der Waals surface area contributed by atoms with Gasteiger partial charge in [-0.1, -0.05) is 12.6 Å². The van der Waals surface area contributed by atoms with E-state index < -0.39 is 17.6 Å². The lowest BCUT2D eigenvalue weighted by Gasteiger charge is -2.25. The van der Waals surface area contributed by atoms with Crippen molar-refractivity contribution in [2.75, 3.05) is 56.5 Å². The first-order chi connectivity index (χ1) is 18.2. The maximum Gasteiger partial charge on any atom is 0.416 e. The van der Waals surface area contributed by atoms with E-state index in [0.717, 1.165) is 23.3 Å². The van der Waals surface area contributed by atoms with E-state index in [-0.39, 0.29) is 5.69 Å². The summed E-state index contributed by atoms with van der Waals surface area (Å²) in [6.45, 7) is 6.70. The number of rotatable bonds is 8. The van der Waals surface area contributed by atoms with Gasteiger partial charge in [0.15, 0.2) is 0 Å². The average Bonchev–Trinajstić information content (AvgIpc) is 2.87. The number of alkyl halides is 3. The van der Waals surface area contributed by atoms with Gasteiger partial charge in [-0.3, -0.25) is 9.78 Å². The van der Waals surface area contributed by atoms with Gasteiger partial charge in [0.05, 0.1) is 22.6 Å². The van der Waals surface area contributed by atoms with Crippen LogP contribution in [0.4, 0.5) is 30.2 Å². The molecule has 0 aliphatic carbocycles. The molecule has 11 heteroatoms. The number of anilines is 3. The number of nitrogens with zero attached hydrogens (tertiary/aromatic N) is 4. The highest BCUT2D eigenvalue weighted by Crippen LogP contribution is 2.35. The smallest absolute Gasteiger partial charge is 0.399 e. The molecule has 0 atom stereocenters. The molecule has 210 valence electrons. The second-order valence-electron chi connectivity index (χ2n) is 9.29. The Hall–Kier alpha value is -4.09. The van der Waals surface area contributed by atoms with E-state index in [1.807, 2.05) is 43.0 Å². The molecule has 0 spiro atoms. The van der Waals surface area contributed by atoms with E-state index in [4.69, 9.17) is 11.6 Å². The predicted octanol–water partition coefficient (Wildman–Crippen LogP) is 4.58. The molecule has 0 radical (unpaired) electrons. The first-order valence-electron chi connectivity index (χ1n) is 12.0. The van der Waals surface area contributed by atoms with Crippen molar-refractivity contribution in [3.63, 3.8) is 0 Å². The summed E-state index contributed by atoms with van der Waals surface area (Å²) in [4.78, 5) is 20.5. The molecule has 0 unspecified atom stereocenters. The molecule has 0 aliphatic heterocycles. The number of hydrogen-bond donors (Lipinski definition) is 3. The first-order valence-corrected chi connectivity index (χ1v) is 12.0. The summed E-state index contributed by atoms with van der Waals surface area (Å²) >= 11 is 0. The Morgan fingerprint density at radius 1 is 1.00 bits per heavy atom. The molecule has 39 heavy (non-hydrogen) atoms. The van der Waals surface area contributed by atoms with Gasteiger partial charge in [-0.05, 0) is 69.0 Å². The highest BCUT2D eigenvalue weighted by Gasteiger charge is 2.31. The molecule has 2 aromatic carbocycles. The Kier molecular flexibility index (Phi) is 10.9. The summed E-state index contributed by atoms with van der Waals surface area (Å²) in [5, 5.41) is 4.03. The van der Waals surface area contributed by atoms with Crippen LogP contribution in [0, 0.1) is 6.92 Å². The van der Waals surface area contributed by atoms with E-state index in [0.29, 0.717) is 35.7 Å². The summed E-state index contributed by atoms with van der Waals surface area (Å²) in [6, 6.07) is 12.0. The molecule has 0 saturated heterocycles. The summed E-state index contributed by atoms with van der Waals surface area (Å²) in [5.41, 5.74) is 8.42. The molecule has 3 aromatic rings. The van der Waals surface area contributed by atoms with Gasteiger partial charge < -0.3 is 25.9 Å². The van der Waals surface area contributed by atoms with Gasteiger partial charge in [0.1, 0.15) is 0 Å². The Morgan fingerprint density at radius 3 is 2.21 bits per heavy atom. The van der Waals surface area contributed by atoms with Crippen molar-refractivity contribution < 1.29 is 18.0 Å². The molecule has 1 heterocycles. The quantitative estimate of drug-likeness (QED) is 0.282. The Morgan fingerprint density at radius 2 is 1.69 bits per heavy atom. The van der Waals surface area contributed by atoms with Crippen LogP contribution in [0.3, 0.4) is 0 Å². The SMILES string of the molecule is C=C(N)c1cccnc1.Cc1ccc(C(=O)Nc2cc(C(F)(F)F)ccc2N(C)CCN(C)C)cc1N(C)N. The number of hydrogen-bond acceptors (Lipinski definition) is 7. The molecule has 0 saturated carbocycles. The summed E-state index contributed by atoms with van der Waals surface area (Å²) < 4.78 is 39.7. The van der Waals surface area contributed by atoms with Crippen LogP contribution >= 0.6 is 0 Å². The summed E-state index contributed by atoms with van der Waals surface area (Å²) in [5.74, 6) is 5.28. The second kappa shape index (κ2) is 13.6. The molecule has 8 nitrogen and oxygen atoms in total. The minimum Gasteiger partial charge on any atom is -0.399 e. The number of carbonyl (C=O) groups excluding carboxylic acids is 1. The molecule has 1 amide bonds. The highest BCUT2D eigenvalue weighted by molar-refractivity contribution is 6.06. The van der Waals surface area contributed by atoms with Crippen LogP contribution in [0.15, 0.2) is 67.5 Å². The van der Waals surface area contributed by atoms with Crippen molar-refractivity contribution in [2.24, 2.45) is 11.6 Å². The van der Waals surface area contributed by atoms with Crippen LogP contribution in [0.1, 0.15) is 27.0 Å². The standard InChI is InChI=1S/C21H28F3N5O.C7H8N2/c1-14-6-7-15(12-19(14)29(5)25)20(30)26-17-13-16(21(22,23)24)8-9-18(17)28(4)11-10-27(2)3;1-6(8)7-3-2-4-9-5-7/h6-9,12-13H,10-11,25H2,1-5H3,(H,26,30);2-5H,1,8H2. The maximum absolute atomic E-state index is 13.2. The number of aryl methyl sites for hydroxylation is 1. The van der Waals surface area contributed by atoms with E-state index in [1.54, 1.807) is 44.7 Å². The van der Waals surface area contributed by atoms with Gasteiger partial charge in [0.25, 0.3) is 5.91 Å². The van der Waals surface area contributed by atoms with E-state index in [2.05, 4.69) is 16.9 Å². The predicted molar refractivity (Wildman–Crippen MR) is 152 cm³/mol. The second-order valence-corrected chi connectivity index (χ2v) is 9.29. The van der Waals surface area contributed by atoms with Crippen LogP contribution in [0.5, 0.6) is 0 Å². The lowest BCUT2D eigenvalue weighted by molar-refractivity contribution is -0.137. The topological polar surface area (TPSA) is 104 Å². The van der Waals surface area contributed by atoms with Crippen molar-refractivity contribution >= 4 is 28.7 Å². The lowest BCUT2D eigenvalue weighted by atomic mass is 10.1. The van der Waals surface area contributed by atoms with E-state index >= 15 is 0 Å². The normalized spacial score (nSPS) is 10.9. The molecule has 0 bridgehead atoms. The van der Waals surface area contributed by atoms with Gasteiger partial charge in [0, 0.05) is 56.4 Å². The Balaban J connectivity index is 0.000000499. The maximum atomic E-state index is 13.2. The number of nitrogens with two attached hydrogens (primary N) is 2. The number of likely N-dealkylation sites (N-methyl/N-ethyl adjacent to an activating group) is 2. The fourth-order valence-electron chi connectivity index (χ4n) is 3.49. The van der Waals surface area contributed by atoms with Crippen LogP contribution in [-0.4, -0.2) is 57.1 Å². The fraction of sp³-hybridized carbons (Fsp3) is 0.286. The Labute approximate surface area is 227 Å². The monoisotopic (exact) mass is 543 g/mol. The number of halogens is 3. The third kappa shape index (κ3) is 9.31. The molecule has 0 aliphatic rings. The minimum atomic E-state index is -4.51. The number of amides is 1. The van der Waals surface area contributed by atoms with Crippen LogP contribution in [0.2, 0.25) is 0 Å². The van der Waals surface area contributed by atoms with Crippen LogP contribution in [-0.2, 0) is 6.18 Å². The number of carbonyl (C=O) groups is 1. The largest absolute Gasteiger partial charge is 0.416 e. The first kappa shape index (κ1) is 31.1. The van der Waals surface area contributed by atoms with Gasteiger partial charge in [-0.2, -0.15) is 13.2 Å². The molecule has 1 aromatic heterocycles. The zero-order valence-electron chi connectivity index (χ0n) is 22.9. The van der Waals surface area contributed by atoms with Crippen molar-refractivity contribution in [1.82, 2.24) is 9.88 Å². The molecule has 0 fully saturated rings. The number of nitrogens with one attached hydrogen (secondary N) is 1. The Bertz CT molecular complexity index is 1260. The number of benzene rings is 2. The molecular weight excluding hydrogens is 507 g/mol. The minimum absolute atomic E-state index is 0.0966. The van der Waals surface area contributed by atoms with Gasteiger partial charge in [0.2, 0.25) is 0 Å². The molecule has 3 rings (SSSR count). The number of hydrazine groups is 1. The van der Waals surface area contributed by atoms with Crippen LogP contribution in [0.25, 0.3) is 5.70 Å². The van der Waals surface area contributed by atoms with E-state index in [9.17, 15) is 18.0 Å². The fourth-order valence-corrected chi connectivity index (χ4v) is 3.49. The number of pyridine rings is 1. The van der Waals surface area contributed by atoms with Gasteiger partial charge in [-0.15, -0.1) is 0 Å². The number of aromatic nitrogens is 1. The zero-order chi connectivity index (χ0) is 29.3.